The van der Waals surface area contributed by atoms with Gasteiger partial charge in [0.25, 0.3) is 0 Å². The average molecular weight is 254 g/mol. The summed E-state index contributed by atoms with van der Waals surface area (Å²) in [4.78, 5) is 10.9. The molecule has 0 aliphatic carbocycles. The van der Waals surface area contributed by atoms with Gasteiger partial charge in [-0.15, -0.1) is 0 Å². The molecule has 1 saturated heterocycles. The molecule has 1 amide bonds. The number of nitrogens with one attached hydrogen (secondary N) is 3. The number of hydrazine groups is 1. The Labute approximate surface area is 106 Å². The van der Waals surface area contributed by atoms with Gasteiger partial charge in [-0.25, -0.2) is 5.43 Å². The maximum absolute atomic E-state index is 10.9. The largest absolute Gasteiger partial charge is 0.356 e. The van der Waals surface area contributed by atoms with Crippen molar-refractivity contribution in [2.45, 2.75) is 13.0 Å². The summed E-state index contributed by atoms with van der Waals surface area (Å²) in [6.07, 6.45) is 0. The molecule has 1 aromatic rings. The van der Waals surface area contributed by atoms with Crippen LogP contribution in [0, 0.1) is 5.92 Å². The Morgan fingerprint density at radius 1 is 1.47 bits per heavy atom. The number of hydrogen-bond acceptors (Lipinski definition) is 3. The fourth-order valence-electron chi connectivity index (χ4n) is 2.03. The van der Waals surface area contributed by atoms with Crippen molar-refractivity contribution in [3.05, 3.63) is 34.9 Å². The van der Waals surface area contributed by atoms with E-state index in [9.17, 15) is 4.79 Å². The lowest BCUT2D eigenvalue weighted by Gasteiger charge is -2.18. The normalized spacial score (nSPS) is 23.6. The van der Waals surface area contributed by atoms with Crippen molar-refractivity contribution in [1.82, 2.24) is 16.2 Å². The van der Waals surface area contributed by atoms with Crippen molar-refractivity contribution >= 4 is 17.5 Å². The highest BCUT2D eigenvalue weighted by Crippen LogP contribution is 2.25. The molecule has 17 heavy (non-hydrogen) atoms. The van der Waals surface area contributed by atoms with Gasteiger partial charge in [0.05, 0.1) is 6.04 Å². The number of benzene rings is 1. The number of carbonyl (C=O) groups excluding carboxylic acids is 1. The lowest BCUT2D eigenvalue weighted by Crippen LogP contribution is -2.31. The van der Waals surface area contributed by atoms with Crippen LogP contribution in [0.4, 0.5) is 0 Å². The Balaban J connectivity index is 2.03. The number of hydrogen-bond donors (Lipinski definition) is 3. The third-order valence-corrected chi connectivity index (χ3v) is 3.19. The van der Waals surface area contributed by atoms with Gasteiger partial charge in [-0.2, -0.15) is 0 Å². The zero-order valence-corrected chi connectivity index (χ0v) is 10.4. The molecule has 0 spiro atoms. The van der Waals surface area contributed by atoms with Gasteiger partial charge >= 0.3 is 0 Å². The molecule has 2 unspecified atom stereocenters. The molecule has 2 rings (SSSR count). The summed E-state index contributed by atoms with van der Waals surface area (Å²) < 4.78 is 0. The maximum Gasteiger partial charge on any atom is 0.216 e. The van der Waals surface area contributed by atoms with Crippen LogP contribution in [0.5, 0.6) is 0 Å². The summed E-state index contributed by atoms with van der Waals surface area (Å²) in [5, 5.41) is 3.59. The minimum absolute atomic E-state index is 0.00626. The van der Waals surface area contributed by atoms with Gasteiger partial charge in [0.1, 0.15) is 0 Å². The van der Waals surface area contributed by atoms with Crippen LogP contribution in [-0.4, -0.2) is 19.0 Å². The molecule has 5 heteroatoms. The first kappa shape index (κ1) is 12.4. The predicted octanol–water partition coefficient (Wildman–Crippen LogP) is 1.24. The molecule has 1 fully saturated rings. The van der Waals surface area contributed by atoms with Crippen LogP contribution >= 0.6 is 11.6 Å². The molecule has 0 radical (unpaired) electrons. The van der Waals surface area contributed by atoms with Crippen LogP contribution in [0.15, 0.2) is 24.3 Å². The summed E-state index contributed by atoms with van der Waals surface area (Å²) in [5.74, 6) is 0.354. The fraction of sp³-hybridized carbons (Fsp3) is 0.417. The van der Waals surface area contributed by atoms with Gasteiger partial charge in [-0.1, -0.05) is 23.7 Å². The molecule has 1 heterocycles. The van der Waals surface area contributed by atoms with E-state index < -0.39 is 0 Å². The maximum atomic E-state index is 10.9. The number of rotatable bonds is 3. The minimum Gasteiger partial charge on any atom is -0.356 e. The van der Waals surface area contributed by atoms with Crippen LogP contribution in [-0.2, 0) is 4.79 Å². The van der Waals surface area contributed by atoms with Crippen LogP contribution in [0.2, 0.25) is 5.02 Å². The number of carbonyl (C=O) groups is 1. The average Bonchev–Trinajstić information content (AvgIpc) is 2.75. The molecule has 1 aliphatic rings. The van der Waals surface area contributed by atoms with E-state index in [2.05, 4.69) is 16.2 Å². The Morgan fingerprint density at radius 3 is 2.82 bits per heavy atom. The zero-order chi connectivity index (χ0) is 12.3. The summed E-state index contributed by atoms with van der Waals surface area (Å²) in [7, 11) is 0. The molecule has 2 atom stereocenters. The molecule has 0 bridgehead atoms. The van der Waals surface area contributed by atoms with Crippen molar-refractivity contribution in [2.24, 2.45) is 5.92 Å². The lowest BCUT2D eigenvalue weighted by molar-refractivity contribution is -0.119. The topological polar surface area (TPSA) is 53.2 Å². The molecule has 1 aromatic carbocycles. The van der Waals surface area contributed by atoms with Crippen molar-refractivity contribution in [3.63, 3.8) is 0 Å². The van der Waals surface area contributed by atoms with Crippen molar-refractivity contribution in [2.75, 3.05) is 13.1 Å². The summed E-state index contributed by atoms with van der Waals surface area (Å²) in [5.41, 5.74) is 7.52. The van der Waals surface area contributed by atoms with E-state index in [1.807, 2.05) is 24.3 Å². The number of amides is 1. The Hall–Kier alpha value is -1.10. The quantitative estimate of drug-likeness (QED) is 0.760. The highest BCUT2D eigenvalue weighted by molar-refractivity contribution is 6.30. The van der Waals surface area contributed by atoms with Gasteiger partial charge < -0.3 is 5.32 Å². The molecule has 0 saturated carbocycles. The first-order valence-corrected chi connectivity index (χ1v) is 6.03. The Morgan fingerprint density at radius 2 is 2.18 bits per heavy atom. The summed E-state index contributed by atoms with van der Waals surface area (Å²) in [6.45, 7) is 3.04. The van der Waals surface area contributed by atoms with Crippen molar-refractivity contribution < 1.29 is 4.79 Å². The second-order valence-corrected chi connectivity index (χ2v) is 4.69. The Kier molecular flexibility index (Phi) is 3.99. The van der Waals surface area contributed by atoms with E-state index in [4.69, 9.17) is 11.6 Å². The van der Waals surface area contributed by atoms with Gasteiger partial charge in [-0.3, -0.25) is 10.2 Å². The molecule has 92 valence electrons. The van der Waals surface area contributed by atoms with E-state index in [0.29, 0.717) is 12.5 Å². The molecule has 4 nitrogen and oxygen atoms in total. The Bertz CT molecular complexity index is 393. The van der Waals surface area contributed by atoms with E-state index in [-0.39, 0.29) is 11.9 Å². The van der Waals surface area contributed by atoms with Crippen molar-refractivity contribution in [1.29, 1.82) is 0 Å². The zero-order valence-electron chi connectivity index (χ0n) is 9.66. The third-order valence-electron chi connectivity index (χ3n) is 2.94. The highest BCUT2D eigenvalue weighted by atomic mass is 35.5. The first-order valence-electron chi connectivity index (χ1n) is 5.65. The lowest BCUT2D eigenvalue weighted by atomic mass is 9.95. The first-order chi connectivity index (χ1) is 8.16. The summed E-state index contributed by atoms with van der Waals surface area (Å²) in [6, 6.07) is 7.99. The predicted molar refractivity (Wildman–Crippen MR) is 67.5 cm³/mol. The van der Waals surface area contributed by atoms with Crippen LogP contribution in [0.25, 0.3) is 0 Å². The fourth-order valence-corrected chi connectivity index (χ4v) is 2.15. The molecular weight excluding hydrogens is 238 g/mol. The van der Waals surface area contributed by atoms with Gasteiger partial charge in [0.2, 0.25) is 5.91 Å². The highest BCUT2D eigenvalue weighted by Gasteiger charge is 2.27. The van der Waals surface area contributed by atoms with Gasteiger partial charge in [0, 0.05) is 31.0 Å². The van der Waals surface area contributed by atoms with E-state index >= 15 is 0 Å². The van der Waals surface area contributed by atoms with Gasteiger partial charge in [-0.05, 0) is 17.7 Å². The smallest absolute Gasteiger partial charge is 0.216 e. The van der Waals surface area contributed by atoms with Crippen LogP contribution < -0.4 is 16.2 Å². The molecule has 0 aromatic heterocycles. The van der Waals surface area contributed by atoms with Crippen LogP contribution in [0.3, 0.4) is 0 Å². The minimum atomic E-state index is 0.00626. The summed E-state index contributed by atoms with van der Waals surface area (Å²) >= 11 is 5.86. The SMILES string of the molecule is CC(=O)NCC1CNNC1c1ccc(Cl)cc1. The number of halogens is 1. The molecular formula is C12H16ClN3O. The molecule has 3 N–H and O–H groups in total. The standard InChI is InChI=1S/C12H16ClN3O/c1-8(17)14-6-10-7-15-16-12(10)9-2-4-11(13)5-3-9/h2-5,10,12,15-16H,6-7H2,1H3,(H,14,17). The second-order valence-electron chi connectivity index (χ2n) is 4.25. The van der Waals surface area contributed by atoms with Gasteiger partial charge in [0.15, 0.2) is 0 Å². The third kappa shape index (κ3) is 3.19. The second kappa shape index (κ2) is 5.49. The van der Waals surface area contributed by atoms with Crippen LogP contribution in [0.1, 0.15) is 18.5 Å². The van der Waals surface area contributed by atoms with Crippen molar-refractivity contribution in [3.8, 4) is 0 Å². The monoisotopic (exact) mass is 253 g/mol. The van der Waals surface area contributed by atoms with E-state index in [0.717, 1.165) is 11.6 Å². The molecule has 1 aliphatic heterocycles. The van der Waals surface area contributed by atoms with E-state index in [1.54, 1.807) is 0 Å². The van der Waals surface area contributed by atoms with E-state index in [1.165, 1.54) is 12.5 Å².